The minimum atomic E-state index is -1.81. The van der Waals surface area contributed by atoms with Gasteiger partial charge in [0, 0.05) is 0 Å². The van der Waals surface area contributed by atoms with Crippen molar-refractivity contribution in [3.8, 4) is 0 Å². The molecule has 0 spiro atoms. The van der Waals surface area contributed by atoms with Gasteiger partial charge < -0.3 is 25.2 Å². The number of aliphatic hydroxyl groups is 2. The Bertz CT molecular complexity index is 186. The number of carbonyl (C=O) groups is 2. The molecule has 0 rings (SSSR count). The van der Waals surface area contributed by atoms with Gasteiger partial charge in [0.05, 0.1) is 11.2 Å². The maximum absolute atomic E-state index is 9.21. The molecule has 0 saturated carbocycles. The predicted molar refractivity (Wildman–Crippen MR) is 61.1 cm³/mol. The van der Waals surface area contributed by atoms with E-state index in [-0.39, 0.29) is 0 Å². The van der Waals surface area contributed by atoms with E-state index in [1.54, 1.807) is 41.5 Å². The molecule has 0 saturated heterocycles. The van der Waals surface area contributed by atoms with Crippen molar-refractivity contribution in [2.45, 2.75) is 52.7 Å². The highest BCUT2D eigenvalue weighted by molar-refractivity contribution is 5.74. The zero-order valence-corrected chi connectivity index (χ0v) is 11.0. The summed E-state index contributed by atoms with van der Waals surface area (Å²) in [6.45, 7) is 10.5. The molecular formula is C10H22O7. The van der Waals surface area contributed by atoms with Crippen LogP contribution in [0.15, 0.2) is 0 Å². The highest BCUT2D eigenvalue weighted by Crippen LogP contribution is 1.93. The fraction of sp³-hybridized carbons (Fsp3) is 0.800. The third-order valence-electron chi connectivity index (χ3n) is 0.175. The summed E-state index contributed by atoms with van der Waals surface area (Å²) in [6.07, 6.45) is -3.62. The minimum Gasteiger partial charge on any atom is -0.449 e. The topological polar surface area (TPSA) is 124 Å². The molecular weight excluding hydrogens is 232 g/mol. The molecule has 0 heterocycles. The Morgan fingerprint density at radius 3 is 0.882 bits per heavy atom. The Morgan fingerprint density at radius 1 is 0.765 bits per heavy atom. The van der Waals surface area contributed by atoms with E-state index in [1.807, 2.05) is 0 Å². The number of ether oxygens (including phenoxy) is 1. The van der Waals surface area contributed by atoms with Crippen LogP contribution in [-0.4, -0.2) is 43.9 Å². The van der Waals surface area contributed by atoms with Crippen molar-refractivity contribution in [1.29, 1.82) is 0 Å². The van der Waals surface area contributed by atoms with Gasteiger partial charge in [-0.2, -0.15) is 0 Å². The van der Waals surface area contributed by atoms with Gasteiger partial charge in [-0.05, 0) is 41.5 Å². The van der Waals surface area contributed by atoms with Crippen molar-refractivity contribution < 1.29 is 34.8 Å². The first kappa shape index (κ1) is 21.0. The average molecular weight is 254 g/mol. The molecule has 0 aromatic carbocycles. The minimum absolute atomic E-state index is 0.500. The second-order valence-corrected chi connectivity index (χ2v) is 4.98. The van der Waals surface area contributed by atoms with Crippen LogP contribution in [0, 0.1) is 0 Å². The monoisotopic (exact) mass is 254 g/mol. The van der Waals surface area contributed by atoms with Crippen molar-refractivity contribution in [2.24, 2.45) is 0 Å². The second-order valence-electron chi connectivity index (χ2n) is 4.98. The van der Waals surface area contributed by atoms with Gasteiger partial charge in [0.15, 0.2) is 0 Å². The molecule has 104 valence electrons. The van der Waals surface area contributed by atoms with E-state index in [2.05, 4.69) is 4.74 Å². The summed E-state index contributed by atoms with van der Waals surface area (Å²) >= 11 is 0. The Balaban J connectivity index is -0.000000177. The van der Waals surface area contributed by atoms with Gasteiger partial charge in [0.25, 0.3) is 0 Å². The molecule has 0 aromatic rings. The summed E-state index contributed by atoms with van der Waals surface area (Å²) in [7, 11) is 0. The lowest BCUT2D eigenvalue weighted by atomic mass is 10.2. The fourth-order valence-electron chi connectivity index (χ4n) is 0.0747. The average Bonchev–Trinajstić information content (AvgIpc) is 1.71. The Labute approximate surface area is 101 Å². The summed E-state index contributed by atoms with van der Waals surface area (Å²) in [5.41, 5.74) is -1.00. The van der Waals surface area contributed by atoms with Crippen molar-refractivity contribution in [3.05, 3.63) is 0 Å². The largest absolute Gasteiger partial charge is 0.516 e. The number of hydrogen-bond donors (Lipinski definition) is 4. The van der Waals surface area contributed by atoms with Crippen LogP contribution in [0.1, 0.15) is 41.5 Å². The molecule has 0 radical (unpaired) electrons. The number of hydrogen-bond acceptors (Lipinski definition) is 5. The van der Waals surface area contributed by atoms with Crippen molar-refractivity contribution in [2.75, 3.05) is 0 Å². The first-order valence-electron chi connectivity index (χ1n) is 4.71. The van der Waals surface area contributed by atoms with Gasteiger partial charge in [-0.25, -0.2) is 9.59 Å². The summed E-state index contributed by atoms with van der Waals surface area (Å²) in [4.78, 5) is 18.4. The second kappa shape index (κ2) is 8.77. The summed E-state index contributed by atoms with van der Waals surface area (Å²) in [5, 5.41) is 32.0. The van der Waals surface area contributed by atoms with Crippen molar-refractivity contribution >= 4 is 12.3 Å². The van der Waals surface area contributed by atoms with Gasteiger partial charge >= 0.3 is 12.3 Å². The first-order valence-corrected chi connectivity index (χ1v) is 4.71. The van der Waals surface area contributed by atoms with Crippen LogP contribution in [0.3, 0.4) is 0 Å². The van der Waals surface area contributed by atoms with Crippen LogP contribution in [0.4, 0.5) is 9.59 Å². The van der Waals surface area contributed by atoms with Crippen LogP contribution in [-0.2, 0) is 4.74 Å². The van der Waals surface area contributed by atoms with E-state index in [9.17, 15) is 9.59 Å². The molecule has 0 bridgehead atoms. The molecule has 0 unspecified atom stereocenters. The van der Waals surface area contributed by atoms with Crippen molar-refractivity contribution in [3.63, 3.8) is 0 Å². The van der Waals surface area contributed by atoms with Crippen LogP contribution in [0.2, 0.25) is 0 Å². The SMILES string of the molecule is CC(C)(C)O.CC(C)(C)O.O=C(O)OC(=O)O. The molecule has 0 amide bonds. The van der Waals surface area contributed by atoms with Gasteiger partial charge in [0.1, 0.15) is 0 Å². The quantitative estimate of drug-likeness (QED) is 0.384. The summed E-state index contributed by atoms with van der Waals surface area (Å²) < 4.78 is 3.08. The van der Waals surface area contributed by atoms with E-state index in [1.165, 1.54) is 0 Å². The zero-order valence-electron chi connectivity index (χ0n) is 11.0. The van der Waals surface area contributed by atoms with Gasteiger partial charge in [-0.3, -0.25) is 0 Å². The summed E-state index contributed by atoms with van der Waals surface area (Å²) in [5.74, 6) is 0. The molecule has 0 aliphatic carbocycles. The van der Waals surface area contributed by atoms with E-state index in [4.69, 9.17) is 20.4 Å². The predicted octanol–water partition coefficient (Wildman–Crippen LogP) is 1.91. The number of rotatable bonds is 0. The molecule has 7 heteroatoms. The highest BCUT2D eigenvalue weighted by atomic mass is 16.7. The van der Waals surface area contributed by atoms with E-state index in [0.29, 0.717) is 0 Å². The zero-order chi connectivity index (χ0) is 14.9. The Morgan fingerprint density at radius 2 is 0.882 bits per heavy atom. The van der Waals surface area contributed by atoms with Crippen LogP contribution < -0.4 is 0 Å². The maximum atomic E-state index is 9.21. The normalized spacial score (nSPS) is 10.1. The molecule has 7 nitrogen and oxygen atoms in total. The fourth-order valence-corrected chi connectivity index (χ4v) is 0.0747. The smallest absolute Gasteiger partial charge is 0.449 e. The number of carboxylic acid groups (broad SMARTS) is 2. The Hall–Kier alpha value is -1.34. The molecule has 0 atom stereocenters. The maximum Gasteiger partial charge on any atom is 0.516 e. The van der Waals surface area contributed by atoms with Gasteiger partial charge in [-0.15, -0.1) is 0 Å². The Kier molecular flexibility index (Phi) is 10.8. The lowest BCUT2D eigenvalue weighted by molar-refractivity contribution is 0.0800. The van der Waals surface area contributed by atoms with E-state index >= 15 is 0 Å². The van der Waals surface area contributed by atoms with Crippen molar-refractivity contribution in [1.82, 2.24) is 0 Å². The third kappa shape index (κ3) is 332. The lowest BCUT2D eigenvalue weighted by Crippen LogP contribution is -2.10. The molecule has 17 heavy (non-hydrogen) atoms. The van der Waals surface area contributed by atoms with Crippen LogP contribution in [0.25, 0.3) is 0 Å². The molecule has 0 aliphatic heterocycles. The molecule has 0 aliphatic rings. The molecule has 0 aromatic heterocycles. The lowest BCUT2D eigenvalue weighted by Gasteiger charge is -2.04. The van der Waals surface area contributed by atoms with E-state index in [0.717, 1.165) is 0 Å². The van der Waals surface area contributed by atoms with E-state index < -0.39 is 23.5 Å². The molecule has 0 fully saturated rings. The third-order valence-corrected chi connectivity index (χ3v) is 0.175. The summed E-state index contributed by atoms with van der Waals surface area (Å²) in [6, 6.07) is 0. The standard InChI is InChI=1S/2C4H10O.C2H2O5/c2*1-4(2,3)5;3-1(4)7-2(5)6/h2*5H,1-3H3;(H,3,4)(H,5,6). The van der Waals surface area contributed by atoms with Gasteiger partial charge in [-0.1, -0.05) is 0 Å². The highest BCUT2D eigenvalue weighted by Gasteiger charge is 2.01. The van der Waals surface area contributed by atoms with Crippen LogP contribution >= 0.6 is 0 Å². The van der Waals surface area contributed by atoms with Gasteiger partial charge in [0.2, 0.25) is 0 Å². The first-order chi connectivity index (χ1) is 7.13. The molecule has 4 N–H and O–H groups in total. The van der Waals surface area contributed by atoms with Crippen LogP contribution in [0.5, 0.6) is 0 Å².